The molecule has 0 spiro atoms. The van der Waals surface area contributed by atoms with Gasteiger partial charge in [0.05, 0.1) is 17.5 Å². The van der Waals surface area contributed by atoms with Crippen LogP contribution in [0, 0.1) is 17.1 Å². The Morgan fingerprint density at radius 2 is 1.81 bits per heavy atom. The maximum absolute atomic E-state index is 15.1. The van der Waals surface area contributed by atoms with E-state index >= 15 is 4.39 Å². The number of esters is 1. The molecule has 0 radical (unpaired) electrons. The van der Waals surface area contributed by atoms with Gasteiger partial charge in [-0.2, -0.15) is 0 Å². The molecule has 3 heterocycles. The first kappa shape index (κ1) is 25.7. The van der Waals surface area contributed by atoms with Gasteiger partial charge in [-0.3, -0.25) is 15.0 Å². The van der Waals surface area contributed by atoms with E-state index in [0.29, 0.717) is 30.3 Å². The summed E-state index contributed by atoms with van der Waals surface area (Å²) in [5.41, 5.74) is 6.97. The van der Waals surface area contributed by atoms with Gasteiger partial charge in [0.25, 0.3) is 0 Å². The fraction of sp³-hybridized carbons (Fsp3) is 0.500. The molecule has 10 heteroatoms. The summed E-state index contributed by atoms with van der Waals surface area (Å²) >= 11 is 0. The highest BCUT2D eigenvalue weighted by Gasteiger charge is 2.25. The number of aromatic nitrogens is 1. The van der Waals surface area contributed by atoms with Gasteiger partial charge in [-0.1, -0.05) is 12.1 Å². The number of amidine groups is 1. The summed E-state index contributed by atoms with van der Waals surface area (Å²) in [5.74, 6) is -0.799. The molecule has 2 aliphatic heterocycles. The highest BCUT2D eigenvalue weighted by atomic mass is 19.1. The molecule has 0 unspecified atom stereocenters. The molecule has 0 saturated carbocycles. The molecule has 2 saturated heterocycles. The summed E-state index contributed by atoms with van der Waals surface area (Å²) in [6.07, 6.45) is 5.38. The number of anilines is 2. The summed E-state index contributed by atoms with van der Waals surface area (Å²) in [6, 6.07) is 8.52. The molecule has 2 fully saturated rings. The quantitative estimate of drug-likeness (QED) is 0.275. The standard InChI is InChI=1S/C26H34FN5O4/c27-26-19(17-36-25(34)14-23(28)29)2-1-3-22(26)32-12-8-21(9-13-32)35-16-18-6-10-31(11-7-18)20-4-5-24(33)30-15-20/h1-5,15,18,21H,6-14,16-17H2,(H3,28,29)(H,30,33). The highest BCUT2D eigenvalue weighted by Crippen LogP contribution is 2.28. The Labute approximate surface area is 209 Å². The average molecular weight is 500 g/mol. The zero-order valence-corrected chi connectivity index (χ0v) is 20.4. The van der Waals surface area contributed by atoms with Crippen LogP contribution in [0.3, 0.4) is 0 Å². The number of carbonyl (C=O) groups excluding carboxylic acids is 1. The zero-order valence-electron chi connectivity index (χ0n) is 20.4. The number of nitrogens with two attached hydrogens (primary N) is 1. The normalized spacial score (nSPS) is 17.2. The summed E-state index contributed by atoms with van der Waals surface area (Å²) in [7, 11) is 0. The molecule has 0 aliphatic carbocycles. The Bertz CT molecular complexity index is 1090. The number of carbonyl (C=O) groups is 1. The Hall–Kier alpha value is -3.40. The van der Waals surface area contributed by atoms with Gasteiger partial charge in [0.15, 0.2) is 5.82 Å². The number of hydrogen-bond acceptors (Lipinski definition) is 7. The molecule has 0 bridgehead atoms. The molecule has 9 nitrogen and oxygen atoms in total. The number of nitrogens with one attached hydrogen (secondary N) is 2. The van der Waals surface area contributed by atoms with Crippen molar-refractivity contribution in [2.45, 2.75) is 44.8 Å². The van der Waals surface area contributed by atoms with Gasteiger partial charge in [-0.05, 0) is 43.7 Å². The van der Waals surface area contributed by atoms with Crippen LogP contribution >= 0.6 is 0 Å². The number of pyridine rings is 1. The first-order chi connectivity index (χ1) is 17.4. The van der Waals surface area contributed by atoms with Crippen molar-refractivity contribution in [3.8, 4) is 0 Å². The van der Waals surface area contributed by atoms with Crippen molar-refractivity contribution in [3.63, 3.8) is 0 Å². The molecule has 1 aromatic heterocycles. The number of benzene rings is 1. The number of piperidine rings is 2. The number of ether oxygens (including phenoxy) is 2. The molecule has 1 aromatic carbocycles. The van der Waals surface area contributed by atoms with E-state index in [2.05, 4.69) is 9.88 Å². The topological polar surface area (TPSA) is 125 Å². The Morgan fingerprint density at radius 1 is 1.08 bits per heavy atom. The van der Waals surface area contributed by atoms with Crippen LogP contribution in [0.25, 0.3) is 0 Å². The van der Waals surface area contributed by atoms with Crippen molar-refractivity contribution in [1.82, 2.24) is 4.98 Å². The van der Waals surface area contributed by atoms with Crippen LogP contribution in [0.2, 0.25) is 0 Å². The lowest BCUT2D eigenvalue weighted by molar-refractivity contribution is -0.143. The van der Waals surface area contributed by atoms with Crippen molar-refractivity contribution in [1.29, 1.82) is 5.41 Å². The fourth-order valence-corrected chi connectivity index (χ4v) is 4.78. The number of H-pyrrole nitrogens is 1. The van der Waals surface area contributed by atoms with Crippen LogP contribution in [0.1, 0.15) is 37.7 Å². The van der Waals surface area contributed by atoms with Gasteiger partial charge in [0.1, 0.15) is 18.9 Å². The van der Waals surface area contributed by atoms with Crippen molar-refractivity contribution in [3.05, 3.63) is 58.3 Å². The highest BCUT2D eigenvalue weighted by molar-refractivity contribution is 5.94. The fourth-order valence-electron chi connectivity index (χ4n) is 4.78. The summed E-state index contributed by atoms with van der Waals surface area (Å²) < 4.78 is 26.4. The summed E-state index contributed by atoms with van der Waals surface area (Å²) in [5, 5.41) is 7.14. The maximum Gasteiger partial charge on any atom is 0.313 e. The van der Waals surface area contributed by atoms with Crippen LogP contribution in [0.15, 0.2) is 41.3 Å². The van der Waals surface area contributed by atoms with E-state index in [1.807, 2.05) is 11.0 Å². The SMILES string of the molecule is N=C(N)CC(=O)OCc1cccc(N2CCC(OCC3CCN(c4ccc(=O)[nH]c4)CC3)CC2)c1F. The van der Waals surface area contributed by atoms with Crippen molar-refractivity contribution in [2.24, 2.45) is 11.7 Å². The lowest BCUT2D eigenvalue weighted by Gasteiger charge is -2.36. The van der Waals surface area contributed by atoms with Gasteiger partial charge in [-0.25, -0.2) is 4.39 Å². The van der Waals surface area contributed by atoms with Gasteiger partial charge in [0.2, 0.25) is 5.56 Å². The number of halogens is 1. The first-order valence-electron chi connectivity index (χ1n) is 12.4. The Balaban J connectivity index is 1.20. The minimum Gasteiger partial charge on any atom is -0.460 e. The summed E-state index contributed by atoms with van der Waals surface area (Å²) in [4.78, 5) is 29.9. The van der Waals surface area contributed by atoms with E-state index in [1.165, 1.54) is 0 Å². The van der Waals surface area contributed by atoms with Crippen LogP contribution in [-0.2, 0) is 20.9 Å². The number of nitrogens with zero attached hydrogens (tertiary/aromatic N) is 2. The zero-order chi connectivity index (χ0) is 25.5. The van der Waals surface area contributed by atoms with Crippen molar-refractivity contribution in [2.75, 3.05) is 42.6 Å². The minimum absolute atomic E-state index is 0.0878. The Kier molecular flexibility index (Phi) is 8.58. The minimum atomic E-state index is -0.646. The third-order valence-electron chi connectivity index (χ3n) is 6.88. The van der Waals surface area contributed by atoms with Crippen LogP contribution in [0.4, 0.5) is 15.8 Å². The second-order valence-electron chi connectivity index (χ2n) is 9.47. The first-order valence-corrected chi connectivity index (χ1v) is 12.4. The Morgan fingerprint density at radius 3 is 2.47 bits per heavy atom. The molecular formula is C26H34FN5O4. The van der Waals surface area contributed by atoms with Crippen LogP contribution in [-0.4, -0.2) is 55.7 Å². The van der Waals surface area contributed by atoms with E-state index in [0.717, 1.165) is 51.1 Å². The third-order valence-corrected chi connectivity index (χ3v) is 6.88. The maximum atomic E-state index is 15.1. The predicted molar refractivity (Wildman–Crippen MR) is 136 cm³/mol. The molecule has 0 atom stereocenters. The lowest BCUT2D eigenvalue weighted by atomic mass is 9.97. The third kappa shape index (κ3) is 6.84. The van der Waals surface area contributed by atoms with Gasteiger partial charge in [0, 0.05) is 50.6 Å². The van der Waals surface area contributed by atoms with Gasteiger partial charge in [-0.15, -0.1) is 0 Å². The lowest BCUT2D eigenvalue weighted by Crippen LogP contribution is -2.39. The average Bonchev–Trinajstić information content (AvgIpc) is 2.88. The van der Waals surface area contributed by atoms with E-state index in [4.69, 9.17) is 20.6 Å². The molecule has 194 valence electrons. The van der Waals surface area contributed by atoms with Crippen molar-refractivity contribution < 1.29 is 18.7 Å². The largest absolute Gasteiger partial charge is 0.460 e. The second-order valence-corrected chi connectivity index (χ2v) is 9.47. The molecule has 4 N–H and O–H groups in total. The number of rotatable bonds is 9. The molecule has 2 aliphatic rings. The van der Waals surface area contributed by atoms with Gasteiger partial charge < -0.3 is 30.0 Å². The molecular weight excluding hydrogens is 465 g/mol. The molecule has 4 rings (SSSR count). The number of aromatic amines is 1. The predicted octanol–water partition coefficient (Wildman–Crippen LogP) is 2.79. The van der Waals surface area contributed by atoms with Crippen molar-refractivity contribution >= 4 is 23.2 Å². The molecule has 2 aromatic rings. The summed E-state index contributed by atoms with van der Waals surface area (Å²) in [6.45, 7) is 3.82. The van der Waals surface area contributed by atoms with Crippen LogP contribution < -0.4 is 21.1 Å². The van der Waals surface area contributed by atoms with Gasteiger partial charge >= 0.3 is 5.97 Å². The van der Waals surface area contributed by atoms with E-state index in [1.54, 1.807) is 30.5 Å². The molecule has 36 heavy (non-hydrogen) atoms. The van der Waals surface area contributed by atoms with Crippen LogP contribution in [0.5, 0.6) is 0 Å². The number of hydrogen-bond donors (Lipinski definition) is 3. The monoisotopic (exact) mass is 499 g/mol. The second kappa shape index (κ2) is 12.0. The van der Waals surface area contributed by atoms with E-state index < -0.39 is 5.97 Å². The smallest absolute Gasteiger partial charge is 0.313 e. The van der Waals surface area contributed by atoms with E-state index in [-0.39, 0.29) is 36.3 Å². The molecule has 0 amide bonds. The van der Waals surface area contributed by atoms with E-state index in [9.17, 15) is 9.59 Å².